The molecule has 3 rings (SSSR count). The normalized spacial score (nSPS) is 11.4. The Bertz CT molecular complexity index is 1010. The number of nitrogens with one attached hydrogen (secondary N) is 1. The first-order valence-corrected chi connectivity index (χ1v) is 9.50. The van der Waals surface area contributed by atoms with Crippen molar-refractivity contribution < 1.29 is 13.2 Å². The molecule has 2 aromatic carbocycles. The molecule has 0 aliphatic rings. The summed E-state index contributed by atoms with van der Waals surface area (Å²) in [6.07, 6.45) is 1.87. The Kier molecular flexibility index (Phi) is 4.81. The smallest absolute Gasteiger partial charge is 0.224 e. The van der Waals surface area contributed by atoms with E-state index in [1.807, 2.05) is 12.1 Å². The minimum Gasteiger partial charge on any atom is -0.359 e. The van der Waals surface area contributed by atoms with Crippen LogP contribution in [0.5, 0.6) is 0 Å². The number of amides is 1. The molecule has 0 bridgehead atoms. The van der Waals surface area contributed by atoms with Crippen LogP contribution in [0.1, 0.15) is 11.1 Å². The zero-order valence-electron chi connectivity index (χ0n) is 13.8. The summed E-state index contributed by atoms with van der Waals surface area (Å²) in [5.74, 6) is -0.189. The Hall–Kier alpha value is -2.73. The van der Waals surface area contributed by atoms with Gasteiger partial charge in [0.25, 0.3) is 0 Å². The third-order valence-corrected chi connectivity index (χ3v) is 5.67. The monoisotopic (exact) mass is 354 g/mol. The van der Waals surface area contributed by atoms with E-state index in [1.54, 1.807) is 55.7 Å². The Morgan fingerprint density at radius 2 is 1.68 bits per heavy atom. The summed E-state index contributed by atoms with van der Waals surface area (Å²) < 4.78 is 25.6. The van der Waals surface area contributed by atoms with Crippen LogP contribution in [-0.4, -0.2) is 26.4 Å². The number of nitrogens with zero attached hydrogens (tertiary/aromatic N) is 1. The minimum atomic E-state index is -3.52. The van der Waals surface area contributed by atoms with Crippen molar-refractivity contribution >= 4 is 26.6 Å². The second-order valence-corrected chi connectivity index (χ2v) is 7.71. The summed E-state index contributed by atoms with van der Waals surface area (Å²) in [5, 5.41) is 3.36. The first-order valence-electron chi connectivity index (χ1n) is 7.84. The van der Waals surface area contributed by atoms with Gasteiger partial charge in [-0.15, -0.1) is 0 Å². The van der Waals surface area contributed by atoms with E-state index in [0.717, 1.165) is 10.9 Å². The van der Waals surface area contributed by atoms with Gasteiger partial charge in [-0.1, -0.05) is 42.5 Å². The van der Waals surface area contributed by atoms with Crippen molar-refractivity contribution in [2.45, 2.75) is 17.1 Å². The maximum Gasteiger partial charge on any atom is 0.224 e. The highest BCUT2D eigenvalue weighted by Crippen LogP contribution is 2.24. The van der Waals surface area contributed by atoms with E-state index in [0.29, 0.717) is 11.1 Å². The van der Waals surface area contributed by atoms with Gasteiger partial charge in [-0.3, -0.25) is 9.78 Å². The van der Waals surface area contributed by atoms with Crippen LogP contribution in [-0.2, 0) is 26.8 Å². The van der Waals surface area contributed by atoms with E-state index in [-0.39, 0.29) is 23.0 Å². The Morgan fingerprint density at radius 3 is 2.40 bits per heavy atom. The van der Waals surface area contributed by atoms with Crippen LogP contribution in [0.3, 0.4) is 0 Å². The van der Waals surface area contributed by atoms with Gasteiger partial charge in [-0.2, -0.15) is 0 Å². The number of pyridine rings is 1. The standard InChI is InChI=1S/C19H18N2O3S/c1-20-18(22)12-14-7-9-15(10-8-14)13-25(23,24)17-6-2-4-16-5-3-11-21-19(16)17/h2-11H,12-13H2,1H3,(H,20,22). The van der Waals surface area contributed by atoms with Crippen LogP contribution in [0, 0.1) is 0 Å². The van der Waals surface area contributed by atoms with Gasteiger partial charge in [0.15, 0.2) is 9.84 Å². The number of aromatic nitrogens is 1. The van der Waals surface area contributed by atoms with Gasteiger partial charge in [0, 0.05) is 18.6 Å². The predicted octanol–water partition coefficient (Wildman–Crippen LogP) is 2.50. The molecule has 25 heavy (non-hydrogen) atoms. The number of hydrogen-bond acceptors (Lipinski definition) is 4. The molecule has 0 saturated heterocycles. The summed E-state index contributed by atoms with van der Waals surface area (Å²) in [7, 11) is -1.94. The number of para-hydroxylation sites is 1. The molecule has 0 aliphatic carbocycles. The van der Waals surface area contributed by atoms with E-state index in [4.69, 9.17) is 0 Å². The first-order chi connectivity index (χ1) is 12.0. The molecule has 0 fully saturated rings. The molecular weight excluding hydrogens is 336 g/mol. The summed E-state index contributed by atoms with van der Waals surface area (Å²) in [5.41, 5.74) is 2.00. The average Bonchev–Trinajstić information content (AvgIpc) is 2.62. The highest BCUT2D eigenvalue weighted by Gasteiger charge is 2.19. The van der Waals surface area contributed by atoms with E-state index in [2.05, 4.69) is 10.3 Å². The molecule has 128 valence electrons. The van der Waals surface area contributed by atoms with Crippen LogP contribution < -0.4 is 5.32 Å². The lowest BCUT2D eigenvalue weighted by Crippen LogP contribution is -2.19. The Morgan fingerprint density at radius 1 is 1.00 bits per heavy atom. The number of carbonyl (C=O) groups excluding carboxylic acids is 1. The molecule has 0 unspecified atom stereocenters. The van der Waals surface area contributed by atoms with Gasteiger partial charge in [-0.05, 0) is 23.3 Å². The molecule has 0 spiro atoms. The maximum absolute atomic E-state index is 12.8. The minimum absolute atomic E-state index is 0.0813. The summed E-state index contributed by atoms with van der Waals surface area (Å²) >= 11 is 0. The van der Waals surface area contributed by atoms with Crippen molar-refractivity contribution in [2.75, 3.05) is 7.05 Å². The van der Waals surface area contributed by atoms with Crippen molar-refractivity contribution in [1.29, 1.82) is 0 Å². The summed E-state index contributed by atoms with van der Waals surface area (Å²) in [6.45, 7) is 0. The molecule has 1 amide bonds. The number of carbonyl (C=O) groups is 1. The number of rotatable bonds is 5. The van der Waals surface area contributed by atoms with Gasteiger partial charge >= 0.3 is 0 Å². The lowest BCUT2D eigenvalue weighted by molar-refractivity contribution is -0.119. The van der Waals surface area contributed by atoms with Gasteiger partial charge in [0.2, 0.25) is 5.91 Å². The second-order valence-electron chi connectivity index (χ2n) is 5.76. The molecule has 0 aliphatic heterocycles. The summed E-state index contributed by atoms with van der Waals surface area (Å²) in [6, 6.07) is 15.8. The molecule has 3 aromatic rings. The third kappa shape index (κ3) is 3.85. The fourth-order valence-corrected chi connectivity index (χ4v) is 4.19. The zero-order chi connectivity index (χ0) is 17.9. The van der Waals surface area contributed by atoms with E-state index in [9.17, 15) is 13.2 Å². The van der Waals surface area contributed by atoms with Crippen LogP contribution in [0.25, 0.3) is 10.9 Å². The number of sulfone groups is 1. The fraction of sp³-hybridized carbons (Fsp3) is 0.158. The van der Waals surface area contributed by atoms with Gasteiger partial charge in [0.1, 0.15) is 0 Å². The molecular formula is C19H18N2O3S. The zero-order valence-corrected chi connectivity index (χ0v) is 14.6. The highest BCUT2D eigenvalue weighted by atomic mass is 32.2. The molecule has 0 saturated carbocycles. The SMILES string of the molecule is CNC(=O)Cc1ccc(CS(=O)(=O)c2cccc3cccnc23)cc1. The Labute approximate surface area is 146 Å². The lowest BCUT2D eigenvalue weighted by atomic mass is 10.1. The number of benzene rings is 2. The number of likely N-dealkylation sites (N-methyl/N-ethyl adjacent to an activating group) is 1. The predicted molar refractivity (Wildman–Crippen MR) is 96.8 cm³/mol. The second kappa shape index (κ2) is 7.03. The molecule has 1 N–H and O–H groups in total. The number of hydrogen-bond donors (Lipinski definition) is 1. The molecule has 0 atom stereocenters. The summed E-state index contributed by atoms with van der Waals surface area (Å²) in [4.78, 5) is 15.8. The molecule has 1 aromatic heterocycles. The van der Waals surface area contributed by atoms with Crippen LogP contribution >= 0.6 is 0 Å². The van der Waals surface area contributed by atoms with E-state index < -0.39 is 9.84 Å². The lowest BCUT2D eigenvalue weighted by Gasteiger charge is -2.08. The highest BCUT2D eigenvalue weighted by molar-refractivity contribution is 7.90. The number of fused-ring (bicyclic) bond motifs is 1. The molecule has 0 radical (unpaired) electrons. The van der Waals surface area contributed by atoms with Crippen molar-refractivity contribution in [3.05, 3.63) is 71.9 Å². The molecule has 1 heterocycles. The van der Waals surface area contributed by atoms with Crippen molar-refractivity contribution in [3.8, 4) is 0 Å². The first kappa shape index (κ1) is 17.1. The van der Waals surface area contributed by atoms with Gasteiger partial charge in [-0.25, -0.2) is 8.42 Å². The van der Waals surface area contributed by atoms with Gasteiger partial charge < -0.3 is 5.32 Å². The molecule has 5 nitrogen and oxygen atoms in total. The topological polar surface area (TPSA) is 76.1 Å². The van der Waals surface area contributed by atoms with Gasteiger partial charge in [0.05, 0.1) is 22.6 Å². The third-order valence-electron chi connectivity index (χ3n) is 3.95. The maximum atomic E-state index is 12.8. The average molecular weight is 354 g/mol. The fourth-order valence-electron chi connectivity index (χ4n) is 2.65. The largest absolute Gasteiger partial charge is 0.359 e. The Balaban J connectivity index is 1.87. The van der Waals surface area contributed by atoms with Crippen LogP contribution in [0.4, 0.5) is 0 Å². The molecule has 6 heteroatoms. The quantitative estimate of drug-likeness (QED) is 0.764. The van der Waals surface area contributed by atoms with E-state index >= 15 is 0 Å². The van der Waals surface area contributed by atoms with Crippen LogP contribution in [0.2, 0.25) is 0 Å². The van der Waals surface area contributed by atoms with Crippen molar-refractivity contribution in [1.82, 2.24) is 10.3 Å². The van der Waals surface area contributed by atoms with Crippen molar-refractivity contribution in [2.24, 2.45) is 0 Å². The van der Waals surface area contributed by atoms with Crippen molar-refractivity contribution in [3.63, 3.8) is 0 Å². The van der Waals surface area contributed by atoms with Crippen LogP contribution in [0.15, 0.2) is 65.7 Å². The van der Waals surface area contributed by atoms with E-state index in [1.165, 1.54) is 0 Å².